The minimum atomic E-state index is -0.315. The summed E-state index contributed by atoms with van der Waals surface area (Å²) in [4.78, 5) is 22.5. The lowest BCUT2D eigenvalue weighted by Gasteiger charge is -2.18. The third-order valence-corrected chi connectivity index (χ3v) is 2.11. The van der Waals surface area contributed by atoms with Gasteiger partial charge < -0.3 is 4.74 Å². The summed E-state index contributed by atoms with van der Waals surface area (Å²) in [6, 6.07) is 0. The number of Topliss-reactive ketones (excluding diaryl/α,β-unsaturated/α-hetero) is 1. The molecule has 1 atom stereocenters. The molecule has 3 heteroatoms. The van der Waals surface area contributed by atoms with Crippen LogP contribution in [0.15, 0.2) is 0 Å². The van der Waals surface area contributed by atoms with Crippen LogP contribution in [0.25, 0.3) is 0 Å². The number of ether oxygens (including phenoxy) is 1. The Morgan fingerprint density at radius 3 is 2.07 bits per heavy atom. The average molecular weight is 200 g/mol. The first-order chi connectivity index (χ1) is 6.27. The highest BCUT2D eigenvalue weighted by molar-refractivity contribution is 5.84. The van der Waals surface area contributed by atoms with E-state index in [-0.39, 0.29) is 23.1 Å². The second kappa shape index (κ2) is 5.13. The molecule has 0 aliphatic rings. The van der Waals surface area contributed by atoms with Gasteiger partial charge in [-0.1, -0.05) is 27.7 Å². The van der Waals surface area contributed by atoms with Gasteiger partial charge in [0, 0.05) is 18.3 Å². The SMILES string of the molecule is COC(=O)CC(C)CC(=O)C(C)(C)C. The van der Waals surface area contributed by atoms with Gasteiger partial charge in [-0.05, 0) is 5.92 Å². The molecular formula is C11H20O3. The minimum absolute atomic E-state index is 0.0641. The summed E-state index contributed by atoms with van der Waals surface area (Å²) in [6.45, 7) is 7.56. The van der Waals surface area contributed by atoms with Gasteiger partial charge >= 0.3 is 5.97 Å². The van der Waals surface area contributed by atoms with Crippen LogP contribution in [0, 0.1) is 11.3 Å². The molecule has 14 heavy (non-hydrogen) atoms. The molecule has 0 rings (SSSR count). The van der Waals surface area contributed by atoms with Gasteiger partial charge in [0.25, 0.3) is 0 Å². The standard InChI is InChI=1S/C11H20O3/c1-8(7-10(13)14-5)6-9(12)11(2,3)4/h8H,6-7H2,1-5H3. The van der Waals surface area contributed by atoms with Crippen LogP contribution < -0.4 is 0 Å². The fraction of sp³-hybridized carbons (Fsp3) is 0.818. The van der Waals surface area contributed by atoms with Crippen molar-refractivity contribution in [2.75, 3.05) is 7.11 Å². The van der Waals surface area contributed by atoms with E-state index in [2.05, 4.69) is 4.74 Å². The van der Waals surface area contributed by atoms with Crippen molar-refractivity contribution < 1.29 is 14.3 Å². The van der Waals surface area contributed by atoms with Crippen molar-refractivity contribution in [2.45, 2.75) is 40.5 Å². The molecular weight excluding hydrogens is 180 g/mol. The zero-order chi connectivity index (χ0) is 11.4. The van der Waals surface area contributed by atoms with Crippen molar-refractivity contribution in [1.82, 2.24) is 0 Å². The second-order valence-electron chi connectivity index (χ2n) is 4.76. The summed E-state index contributed by atoms with van der Waals surface area (Å²) in [5.74, 6) is 0.00212. The van der Waals surface area contributed by atoms with Crippen molar-refractivity contribution in [2.24, 2.45) is 11.3 Å². The quantitative estimate of drug-likeness (QED) is 0.653. The Kier molecular flexibility index (Phi) is 4.81. The van der Waals surface area contributed by atoms with Crippen molar-refractivity contribution in [1.29, 1.82) is 0 Å². The molecule has 0 saturated heterocycles. The Morgan fingerprint density at radius 1 is 1.21 bits per heavy atom. The Labute approximate surface area is 85.8 Å². The maximum Gasteiger partial charge on any atom is 0.305 e. The fourth-order valence-electron chi connectivity index (χ4n) is 1.06. The highest BCUT2D eigenvalue weighted by Crippen LogP contribution is 2.21. The predicted molar refractivity (Wildman–Crippen MR) is 54.9 cm³/mol. The Balaban J connectivity index is 4.01. The van der Waals surface area contributed by atoms with Crippen LogP contribution in [0.4, 0.5) is 0 Å². The van der Waals surface area contributed by atoms with Crippen LogP contribution in [0.1, 0.15) is 40.5 Å². The summed E-state index contributed by atoms with van der Waals surface area (Å²) in [6.07, 6.45) is 0.761. The number of esters is 1. The number of rotatable bonds is 4. The maximum atomic E-state index is 11.6. The van der Waals surface area contributed by atoms with Crippen molar-refractivity contribution in [3.63, 3.8) is 0 Å². The lowest BCUT2D eigenvalue weighted by atomic mass is 9.85. The molecule has 0 aromatic carbocycles. The monoisotopic (exact) mass is 200 g/mol. The van der Waals surface area contributed by atoms with Crippen LogP contribution in [-0.2, 0) is 14.3 Å². The van der Waals surface area contributed by atoms with Gasteiger partial charge in [-0.3, -0.25) is 9.59 Å². The number of ketones is 1. The molecule has 0 aliphatic heterocycles. The van der Waals surface area contributed by atoms with Gasteiger partial charge in [-0.25, -0.2) is 0 Å². The molecule has 0 bridgehead atoms. The highest BCUT2D eigenvalue weighted by atomic mass is 16.5. The summed E-state index contributed by atoms with van der Waals surface area (Å²) in [7, 11) is 1.36. The van der Waals surface area contributed by atoms with Gasteiger partial charge in [0.05, 0.1) is 7.11 Å². The van der Waals surface area contributed by atoms with E-state index in [0.717, 1.165) is 0 Å². The third kappa shape index (κ3) is 5.00. The number of carbonyl (C=O) groups excluding carboxylic acids is 2. The van der Waals surface area contributed by atoms with Crippen molar-refractivity contribution >= 4 is 11.8 Å². The first kappa shape index (κ1) is 13.1. The zero-order valence-corrected chi connectivity index (χ0v) is 9.72. The molecule has 0 aromatic heterocycles. The van der Waals surface area contributed by atoms with Crippen molar-refractivity contribution in [3.05, 3.63) is 0 Å². The summed E-state index contributed by atoms with van der Waals surface area (Å²) in [5.41, 5.74) is -0.315. The maximum absolute atomic E-state index is 11.6. The topological polar surface area (TPSA) is 43.4 Å². The van der Waals surface area contributed by atoms with E-state index in [1.807, 2.05) is 27.7 Å². The fourth-order valence-corrected chi connectivity index (χ4v) is 1.06. The molecule has 0 radical (unpaired) electrons. The molecule has 0 saturated carbocycles. The van der Waals surface area contributed by atoms with E-state index >= 15 is 0 Å². The molecule has 0 heterocycles. The van der Waals surface area contributed by atoms with E-state index in [4.69, 9.17) is 0 Å². The van der Waals surface area contributed by atoms with Crippen molar-refractivity contribution in [3.8, 4) is 0 Å². The van der Waals surface area contributed by atoms with Crippen LogP contribution in [0.5, 0.6) is 0 Å². The smallest absolute Gasteiger partial charge is 0.305 e. The number of carbonyl (C=O) groups is 2. The van der Waals surface area contributed by atoms with Gasteiger partial charge in [-0.2, -0.15) is 0 Å². The number of hydrogen-bond acceptors (Lipinski definition) is 3. The molecule has 3 nitrogen and oxygen atoms in total. The summed E-state index contributed by atoms with van der Waals surface area (Å²) >= 11 is 0. The zero-order valence-electron chi connectivity index (χ0n) is 9.72. The van der Waals surface area contributed by atoms with E-state index in [1.54, 1.807) is 0 Å². The molecule has 0 fully saturated rings. The molecule has 0 amide bonds. The largest absolute Gasteiger partial charge is 0.469 e. The first-order valence-corrected chi connectivity index (χ1v) is 4.87. The molecule has 82 valence electrons. The average Bonchev–Trinajstić information content (AvgIpc) is 2.02. The van der Waals surface area contributed by atoms with E-state index in [0.29, 0.717) is 12.8 Å². The van der Waals surface area contributed by atoms with Gasteiger partial charge in [0.1, 0.15) is 5.78 Å². The molecule has 0 N–H and O–H groups in total. The normalized spacial score (nSPS) is 13.5. The van der Waals surface area contributed by atoms with Crippen LogP contribution in [0.3, 0.4) is 0 Å². The van der Waals surface area contributed by atoms with Crippen LogP contribution >= 0.6 is 0 Å². The third-order valence-electron chi connectivity index (χ3n) is 2.11. The Morgan fingerprint density at radius 2 is 1.71 bits per heavy atom. The first-order valence-electron chi connectivity index (χ1n) is 4.87. The van der Waals surface area contributed by atoms with Gasteiger partial charge in [0.2, 0.25) is 0 Å². The molecule has 0 aromatic rings. The van der Waals surface area contributed by atoms with E-state index in [1.165, 1.54) is 7.11 Å². The van der Waals surface area contributed by atoms with Gasteiger partial charge in [0.15, 0.2) is 0 Å². The minimum Gasteiger partial charge on any atom is -0.469 e. The highest BCUT2D eigenvalue weighted by Gasteiger charge is 2.23. The van der Waals surface area contributed by atoms with Gasteiger partial charge in [-0.15, -0.1) is 0 Å². The molecule has 0 spiro atoms. The second-order valence-corrected chi connectivity index (χ2v) is 4.76. The molecule has 1 unspecified atom stereocenters. The van der Waals surface area contributed by atoms with E-state index in [9.17, 15) is 9.59 Å². The lowest BCUT2D eigenvalue weighted by molar-refractivity contribution is -0.141. The summed E-state index contributed by atoms with van der Waals surface area (Å²) < 4.78 is 4.54. The number of methoxy groups -OCH3 is 1. The molecule has 0 aliphatic carbocycles. The Bertz CT molecular complexity index is 213. The number of hydrogen-bond donors (Lipinski definition) is 0. The Hall–Kier alpha value is -0.860. The lowest BCUT2D eigenvalue weighted by Crippen LogP contribution is -2.23. The predicted octanol–water partition coefficient (Wildman–Crippen LogP) is 2.19. The van der Waals surface area contributed by atoms with Crippen LogP contribution in [-0.4, -0.2) is 18.9 Å². The summed E-state index contributed by atoms with van der Waals surface area (Å²) in [5, 5.41) is 0. The van der Waals surface area contributed by atoms with Crippen LogP contribution in [0.2, 0.25) is 0 Å². The van der Waals surface area contributed by atoms with E-state index < -0.39 is 0 Å².